The molecule has 11 heterocycles. The lowest BCUT2D eigenvalue weighted by Crippen LogP contribution is -2.36. The summed E-state index contributed by atoms with van der Waals surface area (Å²) in [6, 6.07) is 43.0. The maximum absolute atomic E-state index is 10.0. The Labute approximate surface area is 633 Å². The second-order valence-corrected chi connectivity index (χ2v) is 41.2. The van der Waals surface area contributed by atoms with Crippen molar-refractivity contribution in [3.05, 3.63) is 160 Å². The third-order valence-corrected chi connectivity index (χ3v) is 23.1. The first-order valence-corrected chi connectivity index (χ1v) is 44.6. The number of benzene rings is 4. The number of morpholine rings is 3. The van der Waals surface area contributed by atoms with E-state index >= 15 is 0 Å². The van der Waals surface area contributed by atoms with Gasteiger partial charge in [0.15, 0.2) is 16.9 Å². The number of nitrogens with one attached hydrogen (secondary N) is 1. The molecule has 15 rings (SSSR count). The fourth-order valence-corrected chi connectivity index (χ4v) is 14.5. The smallest absolute Gasteiger partial charge is 0.179 e. The van der Waals surface area contributed by atoms with Gasteiger partial charge in [-0.25, -0.2) is 34.9 Å². The van der Waals surface area contributed by atoms with Gasteiger partial charge in [-0.3, -0.25) is 9.13 Å². The van der Waals surface area contributed by atoms with Gasteiger partial charge < -0.3 is 64.3 Å². The molecule has 0 unspecified atom stereocenters. The molecule has 105 heavy (non-hydrogen) atoms. The van der Waals surface area contributed by atoms with Crippen molar-refractivity contribution in [3.63, 3.8) is 0 Å². The molecule has 0 spiro atoms. The number of nitriles is 1. The van der Waals surface area contributed by atoms with Crippen LogP contribution in [-0.4, -0.2) is 177 Å². The second-order valence-electron chi connectivity index (χ2n) is 28.3. The number of fused-ring (bicyclic) bond motifs is 3. The van der Waals surface area contributed by atoms with Crippen LogP contribution in [0.2, 0.25) is 61.4 Å². The number of rotatable bonds is 19. The monoisotopic (exact) mass is 1560 g/mol. The lowest BCUT2D eigenvalue weighted by molar-refractivity contribution is 0.0254. The largest absolute Gasteiger partial charge is 0.489 e. The van der Waals surface area contributed by atoms with Crippen molar-refractivity contribution in [3.8, 4) is 57.1 Å². The predicted octanol–water partition coefficient (Wildman–Crippen LogP) is 15.4. The van der Waals surface area contributed by atoms with Gasteiger partial charge in [-0.2, -0.15) is 5.26 Å². The fraction of sp³-hybridized carbons (Fsp3) is 0.377. The van der Waals surface area contributed by atoms with Crippen LogP contribution in [0, 0.1) is 11.3 Å². The Morgan fingerprint density at radius 3 is 1.50 bits per heavy atom. The highest BCUT2D eigenvalue weighted by Crippen LogP contribution is 2.37. The molecule has 0 aliphatic carbocycles. The minimum Gasteiger partial charge on any atom is -0.489 e. The molecule has 4 aliphatic heterocycles. The highest BCUT2D eigenvalue weighted by molar-refractivity contribution is 9.10. The van der Waals surface area contributed by atoms with E-state index in [4.69, 9.17) is 82.8 Å². The number of nitrogens with two attached hydrogens (primary N) is 2. The summed E-state index contributed by atoms with van der Waals surface area (Å²) in [5.41, 5.74) is 24.6. The quantitative estimate of drug-likeness (QED) is 0.0501. The van der Waals surface area contributed by atoms with E-state index in [9.17, 15) is 5.26 Å². The Morgan fingerprint density at radius 1 is 0.543 bits per heavy atom. The van der Waals surface area contributed by atoms with E-state index in [1.165, 1.54) is 17.1 Å². The van der Waals surface area contributed by atoms with Crippen LogP contribution in [0.15, 0.2) is 145 Å². The summed E-state index contributed by atoms with van der Waals surface area (Å²) in [7, 11) is -2.38. The molecule has 11 aromatic rings. The second kappa shape index (κ2) is 35.7. The van der Waals surface area contributed by atoms with Gasteiger partial charge in [-0.15, -0.1) is 0 Å². The Bertz CT molecular complexity index is 4700. The van der Waals surface area contributed by atoms with Crippen LogP contribution < -0.4 is 30.9 Å². The topological polar surface area (TPSA) is 266 Å². The van der Waals surface area contributed by atoms with E-state index in [-0.39, 0.29) is 6.10 Å². The van der Waals surface area contributed by atoms with E-state index in [0.29, 0.717) is 77.3 Å². The first-order valence-electron chi connectivity index (χ1n) is 35.6. The molecule has 4 aromatic carbocycles. The van der Waals surface area contributed by atoms with Gasteiger partial charge >= 0.3 is 0 Å². The molecule has 4 saturated heterocycles. The van der Waals surface area contributed by atoms with Gasteiger partial charge in [0.1, 0.15) is 71.2 Å². The van der Waals surface area contributed by atoms with Crippen molar-refractivity contribution in [2.75, 3.05) is 132 Å². The summed E-state index contributed by atoms with van der Waals surface area (Å²) in [6.07, 6.45) is 8.49. The number of hydrogen-bond donors (Lipinski definition) is 3. The highest BCUT2D eigenvalue weighted by atomic mass is 79.9. The van der Waals surface area contributed by atoms with Gasteiger partial charge in [-0.05, 0) is 143 Å². The molecule has 4 aliphatic rings. The lowest BCUT2D eigenvalue weighted by atomic mass is 10.0. The Morgan fingerprint density at radius 2 is 1.00 bits per heavy atom. The van der Waals surface area contributed by atoms with Gasteiger partial charge in [0, 0.05) is 150 Å². The fourth-order valence-electron chi connectivity index (χ4n) is 12.3. The van der Waals surface area contributed by atoms with Gasteiger partial charge in [0.25, 0.3) is 0 Å². The Kier molecular flexibility index (Phi) is 25.9. The van der Waals surface area contributed by atoms with Gasteiger partial charge in [-0.1, -0.05) is 68.6 Å². The summed E-state index contributed by atoms with van der Waals surface area (Å²) in [5, 5.41) is 11.2. The zero-order chi connectivity index (χ0) is 73.5. The number of H-pyrrole nitrogens is 1. The van der Waals surface area contributed by atoms with Crippen molar-refractivity contribution in [2.24, 2.45) is 0 Å². The molecular formula is C77H91BrCl2N16O7Si2. The molecule has 0 atom stereocenters. The molecule has 0 radical (unpaired) electrons. The summed E-state index contributed by atoms with van der Waals surface area (Å²) in [6.45, 7) is 27.8. The number of aromatic amines is 1. The number of nitrogens with zero attached hydrogens (tertiary/aromatic N) is 13. The van der Waals surface area contributed by atoms with Crippen LogP contribution in [-0.2, 0) is 41.9 Å². The molecule has 5 N–H and O–H groups in total. The summed E-state index contributed by atoms with van der Waals surface area (Å²) < 4.78 is 45.2. The van der Waals surface area contributed by atoms with E-state index < -0.39 is 16.1 Å². The number of nitrogen functional groups attached to an aromatic ring is 2. The number of aromatic nitrogens is 10. The SMILES string of the molecule is C[Si](C)(C)CCOCn1c(-c2ccc(N3CCOCC3)cc2)nc2c(-c3ccc(OC4CCOCC4)c(C#N)c3)ccnc21.C[Si](C)(C)CCOCn1c(-c2ccc(N3CCOCC3)cc2)nc2c(Cl)ccnc21.Clc1ccnc2nc(-c3ccc(N4CCOCC4)cc3)[nH]c12.Nc1nccc(Br)c1N. The molecule has 23 nitrogen and oxygen atoms in total. The highest BCUT2D eigenvalue weighted by Gasteiger charge is 2.24. The third kappa shape index (κ3) is 19.9. The number of pyridine rings is 4. The number of anilines is 5. The third-order valence-electron chi connectivity index (χ3n) is 18.4. The summed E-state index contributed by atoms with van der Waals surface area (Å²) in [5.74, 6) is 3.39. The normalized spacial score (nSPS) is 15.2. The average molecular weight is 1560 g/mol. The van der Waals surface area contributed by atoms with Crippen LogP contribution in [0.4, 0.5) is 28.6 Å². The minimum absolute atomic E-state index is 0.0585. The molecule has 550 valence electrons. The van der Waals surface area contributed by atoms with Crippen molar-refractivity contribution < 1.29 is 33.2 Å². The molecule has 4 fully saturated rings. The first kappa shape index (κ1) is 76.1. The standard InChI is InChI=1S/C34H41N5O4Si.C22H29ClN4O2Si.C16H15ClN4O.C5H6BrN3/c1-44(2,3)21-20-42-24-39-33(25-4-7-28(8-5-25)38-14-18-41-19-15-38)37-32-30(10-13-36-34(32)39)26-6-9-31(27(22-26)23-35)43-29-11-16-40-17-12-29;1-30(2,3)15-14-29-16-27-21(25-20-19(23)8-9-24-22(20)27)17-4-6-18(7-5-17)26-10-12-28-13-11-26;17-13-5-6-18-16-14(13)19-15(20-16)11-1-3-12(4-2-11)21-7-9-22-10-8-21;6-3-1-2-9-5(8)4(3)7/h4-10,13,22,29H,11-12,14-21,24H2,1-3H3;4-9H,10-16H2,1-3H3;1-6H,7-10H2,(H,18,19,20);1-2H,7H2,(H2,8,9). The van der Waals surface area contributed by atoms with Crippen molar-refractivity contribution in [1.82, 2.24) is 49.0 Å². The Hall–Kier alpha value is -8.57. The van der Waals surface area contributed by atoms with Crippen LogP contribution in [0.5, 0.6) is 5.75 Å². The van der Waals surface area contributed by atoms with Crippen LogP contribution in [0.3, 0.4) is 0 Å². The maximum Gasteiger partial charge on any atom is 0.179 e. The van der Waals surface area contributed by atoms with E-state index in [0.717, 1.165) is 183 Å². The van der Waals surface area contributed by atoms with E-state index in [2.05, 4.69) is 178 Å². The van der Waals surface area contributed by atoms with Crippen molar-refractivity contribution in [1.29, 1.82) is 5.26 Å². The zero-order valence-electron chi connectivity index (χ0n) is 60.4. The van der Waals surface area contributed by atoms with Crippen LogP contribution >= 0.6 is 39.1 Å². The zero-order valence-corrected chi connectivity index (χ0v) is 65.5. The first-order chi connectivity index (χ1) is 50.8. The number of ether oxygens (including phenoxy) is 7. The summed E-state index contributed by atoms with van der Waals surface area (Å²) in [4.78, 5) is 42.0. The lowest BCUT2D eigenvalue weighted by Gasteiger charge is -2.28. The molecule has 0 bridgehead atoms. The van der Waals surface area contributed by atoms with Crippen molar-refractivity contribution in [2.45, 2.75) is 83.8 Å². The van der Waals surface area contributed by atoms with Crippen LogP contribution in [0.25, 0.3) is 78.8 Å². The molecule has 0 saturated carbocycles. The van der Waals surface area contributed by atoms with Gasteiger partial charge in [0.2, 0.25) is 0 Å². The Balaban J connectivity index is 0.000000146. The van der Waals surface area contributed by atoms with Crippen molar-refractivity contribution >= 4 is 117 Å². The average Bonchev–Trinajstić information content (AvgIpc) is 1.63. The number of halogens is 3. The molecular weight excluding hydrogens is 1470 g/mol. The van der Waals surface area contributed by atoms with E-state index in [1.807, 2.05) is 35.0 Å². The van der Waals surface area contributed by atoms with Gasteiger partial charge in [0.05, 0.1) is 74.2 Å². The maximum atomic E-state index is 10.0. The van der Waals surface area contributed by atoms with E-state index in [1.54, 1.807) is 36.8 Å². The number of hydrogen-bond acceptors (Lipinski definition) is 20. The number of imidazole rings is 3. The molecule has 7 aromatic heterocycles. The minimum atomic E-state index is -1.24. The summed E-state index contributed by atoms with van der Waals surface area (Å²) >= 11 is 15.8. The molecule has 0 amide bonds. The predicted molar refractivity (Wildman–Crippen MR) is 428 cm³/mol. The van der Waals surface area contributed by atoms with Crippen LogP contribution in [0.1, 0.15) is 18.4 Å². The molecule has 28 heteroatoms.